The Morgan fingerprint density at radius 1 is 1.57 bits per heavy atom. The van der Waals surface area contributed by atoms with Gasteiger partial charge in [-0.3, -0.25) is 4.79 Å². The smallest absolute Gasteiger partial charge is 0.263 e. The zero-order chi connectivity index (χ0) is 15.2. The summed E-state index contributed by atoms with van der Waals surface area (Å²) < 4.78 is 0. The van der Waals surface area contributed by atoms with Crippen LogP contribution in [-0.4, -0.2) is 44.9 Å². The third-order valence-corrected chi connectivity index (χ3v) is 5.54. The SMILES string of the molecule is C=CCNC(=O)c1sc(N2CCCNCC2)c(SC)c1N. The number of thioether (sulfide) groups is 1. The molecule has 0 unspecified atom stereocenters. The predicted molar refractivity (Wildman–Crippen MR) is 92.7 cm³/mol. The first-order valence-electron chi connectivity index (χ1n) is 7.00. The highest BCUT2D eigenvalue weighted by molar-refractivity contribution is 7.99. The van der Waals surface area contributed by atoms with Gasteiger partial charge in [0, 0.05) is 26.2 Å². The molecular weight excluding hydrogens is 304 g/mol. The maximum atomic E-state index is 12.2. The summed E-state index contributed by atoms with van der Waals surface area (Å²) in [5, 5.41) is 7.31. The molecule has 1 fully saturated rings. The third kappa shape index (κ3) is 3.72. The maximum absolute atomic E-state index is 12.2. The molecule has 1 amide bonds. The number of anilines is 2. The Kier molecular flexibility index (Phi) is 5.96. The molecule has 1 aliphatic heterocycles. The van der Waals surface area contributed by atoms with Crippen molar-refractivity contribution in [3.63, 3.8) is 0 Å². The van der Waals surface area contributed by atoms with E-state index in [-0.39, 0.29) is 5.91 Å². The quantitative estimate of drug-likeness (QED) is 0.568. The number of carbonyl (C=O) groups is 1. The lowest BCUT2D eigenvalue weighted by molar-refractivity contribution is 0.0963. The minimum Gasteiger partial charge on any atom is -0.396 e. The van der Waals surface area contributed by atoms with Gasteiger partial charge in [-0.05, 0) is 19.2 Å². The van der Waals surface area contributed by atoms with E-state index >= 15 is 0 Å². The monoisotopic (exact) mass is 326 g/mol. The minimum absolute atomic E-state index is 0.119. The van der Waals surface area contributed by atoms with Crippen molar-refractivity contribution in [1.29, 1.82) is 0 Å². The number of hydrogen-bond donors (Lipinski definition) is 3. The van der Waals surface area contributed by atoms with Crippen molar-refractivity contribution < 1.29 is 4.79 Å². The molecule has 0 aliphatic carbocycles. The van der Waals surface area contributed by atoms with Crippen LogP contribution in [0.3, 0.4) is 0 Å². The zero-order valence-corrected chi connectivity index (χ0v) is 13.9. The van der Waals surface area contributed by atoms with Crippen LogP contribution in [0.2, 0.25) is 0 Å². The van der Waals surface area contributed by atoms with E-state index in [0.717, 1.165) is 42.5 Å². The van der Waals surface area contributed by atoms with Crippen molar-refractivity contribution in [3.05, 3.63) is 17.5 Å². The summed E-state index contributed by atoms with van der Waals surface area (Å²) in [5.74, 6) is -0.119. The highest BCUT2D eigenvalue weighted by Gasteiger charge is 2.24. The van der Waals surface area contributed by atoms with Crippen LogP contribution >= 0.6 is 23.1 Å². The van der Waals surface area contributed by atoms with Crippen LogP contribution in [-0.2, 0) is 0 Å². The molecule has 2 heterocycles. The lowest BCUT2D eigenvalue weighted by Gasteiger charge is -2.21. The Morgan fingerprint density at radius 3 is 3.10 bits per heavy atom. The molecule has 4 N–H and O–H groups in total. The van der Waals surface area contributed by atoms with Crippen LogP contribution in [0.25, 0.3) is 0 Å². The summed E-state index contributed by atoms with van der Waals surface area (Å²) in [6.45, 7) is 8.00. The molecule has 21 heavy (non-hydrogen) atoms. The third-order valence-electron chi connectivity index (χ3n) is 3.33. The zero-order valence-electron chi connectivity index (χ0n) is 12.3. The summed E-state index contributed by atoms with van der Waals surface area (Å²) >= 11 is 3.10. The highest BCUT2D eigenvalue weighted by atomic mass is 32.2. The summed E-state index contributed by atoms with van der Waals surface area (Å²) in [7, 11) is 0. The second-order valence-corrected chi connectivity index (χ2v) is 6.59. The molecule has 2 rings (SSSR count). The largest absolute Gasteiger partial charge is 0.396 e. The van der Waals surface area contributed by atoms with Gasteiger partial charge in [-0.15, -0.1) is 29.7 Å². The van der Waals surface area contributed by atoms with E-state index in [4.69, 9.17) is 5.73 Å². The molecule has 7 heteroatoms. The molecule has 0 bridgehead atoms. The molecule has 0 spiro atoms. The number of nitrogens with zero attached hydrogens (tertiary/aromatic N) is 1. The molecule has 1 aromatic rings. The van der Waals surface area contributed by atoms with Gasteiger partial charge in [-0.25, -0.2) is 0 Å². The van der Waals surface area contributed by atoms with Gasteiger partial charge in [0.1, 0.15) is 9.88 Å². The average molecular weight is 326 g/mol. The van der Waals surface area contributed by atoms with Crippen LogP contribution in [0.4, 0.5) is 10.7 Å². The molecular formula is C14H22N4OS2. The van der Waals surface area contributed by atoms with Gasteiger partial charge in [0.15, 0.2) is 0 Å². The Bertz CT molecular complexity index is 507. The molecule has 0 aromatic carbocycles. The van der Waals surface area contributed by atoms with Crippen LogP contribution in [0.15, 0.2) is 17.6 Å². The van der Waals surface area contributed by atoms with Crippen LogP contribution < -0.4 is 21.3 Å². The van der Waals surface area contributed by atoms with E-state index in [1.807, 2.05) is 6.26 Å². The first-order chi connectivity index (χ1) is 10.2. The standard InChI is InChI=1S/C14H22N4OS2/c1-3-5-17-13(19)11-10(15)12(20-2)14(21-11)18-8-4-6-16-7-9-18/h3,16H,1,4-9,15H2,2H3,(H,17,19). The average Bonchev–Trinajstić information content (AvgIpc) is 2.68. The lowest BCUT2D eigenvalue weighted by atomic mass is 10.3. The second kappa shape index (κ2) is 7.72. The molecule has 0 saturated carbocycles. The topological polar surface area (TPSA) is 70.4 Å². The van der Waals surface area contributed by atoms with Gasteiger partial charge in [0.2, 0.25) is 0 Å². The van der Waals surface area contributed by atoms with Crippen LogP contribution in [0.5, 0.6) is 0 Å². The summed E-state index contributed by atoms with van der Waals surface area (Å²) in [5.41, 5.74) is 6.79. The van der Waals surface area contributed by atoms with E-state index in [0.29, 0.717) is 17.1 Å². The molecule has 1 saturated heterocycles. The number of amides is 1. The number of hydrogen-bond acceptors (Lipinski definition) is 6. The van der Waals surface area contributed by atoms with Crippen molar-refractivity contribution in [2.75, 3.05) is 49.6 Å². The van der Waals surface area contributed by atoms with E-state index in [9.17, 15) is 4.79 Å². The van der Waals surface area contributed by atoms with Gasteiger partial charge >= 0.3 is 0 Å². The summed E-state index contributed by atoms with van der Waals surface area (Å²) in [4.78, 5) is 16.1. The van der Waals surface area contributed by atoms with Gasteiger partial charge in [0.25, 0.3) is 5.91 Å². The molecule has 5 nitrogen and oxygen atoms in total. The van der Waals surface area contributed by atoms with Gasteiger partial charge in [-0.1, -0.05) is 6.08 Å². The highest BCUT2D eigenvalue weighted by Crippen LogP contribution is 2.43. The number of thiophene rings is 1. The summed E-state index contributed by atoms with van der Waals surface area (Å²) in [6, 6.07) is 0. The van der Waals surface area contributed by atoms with E-state index in [1.165, 1.54) is 11.3 Å². The number of nitrogens with two attached hydrogens (primary N) is 1. The molecule has 0 atom stereocenters. The normalized spacial score (nSPS) is 15.6. The fourth-order valence-corrected chi connectivity index (χ4v) is 4.43. The minimum atomic E-state index is -0.119. The number of rotatable bonds is 5. The Balaban J connectivity index is 2.28. The maximum Gasteiger partial charge on any atom is 0.263 e. The predicted octanol–water partition coefficient (Wildman–Crippen LogP) is 1.77. The second-order valence-electron chi connectivity index (χ2n) is 4.77. The fraction of sp³-hybridized carbons (Fsp3) is 0.500. The van der Waals surface area contributed by atoms with Crippen LogP contribution in [0, 0.1) is 0 Å². The van der Waals surface area contributed by atoms with E-state index < -0.39 is 0 Å². The number of nitrogen functional groups attached to an aromatic ring is 1. The van der Waals surface area contributed by atoms with Crippen molar-refractivity contribution >= 4 is 39.7 Å². The lowest BCUT2D eigenvalue weighted by Crippen LogP contribution is -2.27. The fourth-order valence-electron chi connectivity index (χ4n) is 2.28. The van der Waals surface area contributed by atoms with Crippen molar-refractivity contribution in [2.24, 2.45) is 0 Å². The first-order valence-corrected chi connectivity index (χ1v) is 9.04. The number of carbonyl (C=O) groups excluding carboxylic acids is 1. The van der Waals surface area contributed by atoms with Crippen molar-refractivity contribution in [3.8, 4) is 0 Å². The van der Waals surface area contributed by atoms with Crippen LogP contribution in [0.1, 0.15) is 16.1 Å². The van der Waals surface area contributed by atoms with Crippen molar-refractivity contribution in [2.45, 2.75) is 11.3 Å². The summed E-state index contributed by atoms with van der Waals surface area (Å²) in [6.07, 6.45) is 4.77. The van der Waals surface area contributed by atoms with E-state index in [1.54, 1.807) is 17.8 Å². The van der Waals surface area contributed by atoms with Crippen molar-refractivity contribution in [1.82, 2.24) is 10.6 Å². The molecule has 0 radical (unpaired) electrons. The molecule has 116 valence electrons. The first kappa shape index (κ1) is 16.2. The molecule has 1 aliphatic rings. The number of nitrogens with one attached hydrogen (secondary N) is 2. The van der Waals surface area contributed by atoms with E-state index in [2.05, 4.69) is 22.1 Å². The van der Waals surface area contributed by atoms with Gasteiger partial charge in [-0.2, -0.15) is 0 Å². The van der Waals surface area contributed by atoms with Gasteiger partial charge < -0.3 is 21.3 Å². The Morgan fingerprint density at radius 2 is 2.38 bits per heavy atom. The molecule has 1 aromatic heterocycles. The Hall–Kier alpha value is -1.18. The van der Waals surface area contributed by atoms with Gasteiger partial charge in [0.05, 0.1) is 10.6 Å². The Labute approximate surface area is 134 Å².